The van der Waals surface area contributed by atoms with Crippen LogP contribution in [0.1, 0.15) is 20.3 Å². The summed E-state index contributed by atoms with van der Waals surface area (Å²) in [5, 5.41) is 2.68. The third-order valence-corrected chi connectivity index (χ3v) is 3.01. The summed E-state index contributed by atoms with van der Waals surface area (Å²) in [5.41, 5.74) is 7.11. The lowest BCUT2D eigenvalue weighted by Crippen LogP contribution is -2.07. The molecule has 0 fully saturated rings. The van der Waals surface area contributed by atoms with Gasteiger partial charge in [-0.15, -0.1) is 11.8 Å². The van der Waals surface area contributed by atoms with Crippen LogP contribution in [0, 0.1) is 0 Å². The van der Waals surface area contributed by atoms with Crippen LogP contribution in [0.3, 0.4) is 0 Å². The molecule has 0 saturated carbocycles. The second-order valence-corrected chi connectivity index (χ2v) is 4.45. The molecule has 0 saturated heterocycles. The minimum absolute atomic E-state index is 0.101. The molecule has 0 aliphatic carbocycles. The van der Waals surface area contributed by atoms with Crippen molar-refractivity contribution >= 4 is 29.0 Å². The van der Waals surface area contributed by atoms with Crippen LogP contribution in [0.4, 0.5) is 11.4 Å². The smallest absolute Gasteiger partial charge is 0.221 e. The predicted molar refractivity (Wildman–Crippen MR) is 66.2 cm³/mol. The molecule has 3 nitrogen and oxygen atoms in total. The van der Waals surface area contributed by atoms with E-state index in [-0.39, 0.29) is 5.91 Å². The monoisotopic (exact) mass is 224 g/mol. The molecule has 1 amide bonds. The topological polar surface area (TPSA) is 55.1 Å². The molecule has 0 spiro atoms. The zero-order chi connectivity index (χ0) is 11.3. The molecular weight excluding hydrogens is 208 g/mol. The highest BCUT2D eigenvalue weighted by atomic mass is 32.2. The van der Waals surface area contributed by atoms with Crippen molar-refractivity contribution in [1.29, 1.82) is 0 Å². The second-order valence-electron chi connectivity index (χ2n) is 3.28. The summed E-state index contributed by atoms with van der Waals surface area (Å²) in [6.45, 7) is 3.61. The van der Waals surface area contributed by atoms with E-state index in [0.29, 0.717) is 11.4 Å². The Morgan fingerprint density at radius 1 is 1.53 bits per heavy atom. The van der Waals surface area contributed by atoms with Gasteiger partial charge in [0.1, 0.15) is 0 Å². The highest BCUT2D eigenvalue weighted by molar-refractivity contribution is 7.99. The Bertz CT molecular complexity index is 352. The van der Waals surface area contributed by atoms with Gasteiger partial charge in [-0.2, -0.15) is 0 Å². The van der Waals surface area contributed by atoms with Crippen molar-refractivity contribution in [3.05, 3.63) is 18.2 Å². The first-order valence-corrected chi connectivity index (χ1v) is 5.92. The third-order valence-electron chi connectivity index (χ3n) is 1.81. The summed E-state index contributed by atoms with van der Waals surface area (Å²) >= 11 is 1.77. The van der Waals surface area contributed by atoms with Crippen molar-refractivity contribution in [3.8, 4) is 0 Å². The van der Waals surface area contributed by atoms with Crippen molar-refractivity contribution in [3.63, 3.8) is 0 Å². The van der Waals surface area contributed by atoms with Gasteiger partial charge in [-0.05, 0) is 30.4 Å². The number of rotatable bonds is 4. The van der Waals surface area contributed by atoms with Gasteiger partial charge in [0.05, 0.1) is 11.4 Å². The Hall–Kier alpha value is -1.16. The molecule has 3 N–H and O–H groups in total. The Balaban J connectivity index is 2.74. The molecular formula is C11H16N2OS. The van der Waals surface area contributed by atoms with E-state index in [1.807, 2.05) is 18.2 Å². The molecule has 82 valence electrons. The number of anilines is 2. The van der Waals surface area contributed by atoms with Gasteiger partial charge in [0.15, 0.2) is 0 Å². The number of hydrogen-bond acceptors (Lipinski definition) is 3. The number of hydrogen-bond donors (Lipinski definition) is 2. The van der Waals surface area contributed by atoms with Crippen LogP contribution in [-0.2, 0) is 4.79 Å². The molecule has 0 aliphatic heterocycles. The van der Waals surface area contributed by atoms with Gasteiger partial charge < -0.3 is 11.1 Å². The van der Waals surface area contributed by atoms with Crippen LogP contribution in [0.5, 0.6) is 0 Å². The number of nitrogen functional groups attached to an aromatic ring is 1. The highest BCUT2D eigenvalue weighted by Gasteiger charge is 2.02. The third kappa shape index (κ3) is 3.83. The lowest BCUT2D eigenvalue weighted by atomic mass is 10.2. The number of thioether (sulfide) groups is 1. The number of nitrogens with two attached hydrogens (primary N) is 1. The molecule has 1 rings (SSSR count). The standard InChI is InChI=1S/C11H16N2OS/c1-3-6-15-9-4-5-11(10(12)7-9)13-8(2)14/h4-5,7H,3,6,12H2,1-2H3,(H,13,14). The quantitative estimate of drug-likeness (QED) is 0.610. The van der Waals surface area contributed by atoms with Crippen molar-refractivity contribution in [2.24, 2.45) is 0 Å². The van der Waals surface area contributed by atoms with Crippen LogP contribution < -0.4 is 11.1 Å². The van der Waals surface area contributed by atoms with Gasteiger partial charge in [-0.3, -0.25) is 4.79 Å². The van der Waals surface area contributed by atoms with Gasteiger partial charge in [-0.1, -0.05) is 6.92 Å². The minimum Gasteiger partial charge on any atom is -0.397 e. The summed E-state index contributed by atoms with van der Waals surface area (Å²) in [4.78, 5) is 12.0. The minimum atomic E-state index is -0.101. The Morgan fingerprint density at radius 2 is 2.27 bits per heavy atom. The van der Waals surface area contributed by atoms with E-state index in [1.165, 1.54) is 6.92 Å². The molecule has 1 aromatic rings. The van der Waals surface area contributed by atoms with Crippen molar-refractivity contribution in [1.82, 2.24) is 0 Å². The summed E-state index contributed by atoms with van der Waals surface area (Å²) in [6, 6.07) is 5.71. The average Bonchev–Trinajstić information content (AvgIpc) is 2.18. The molecule has 15 heavy (non-hydrogen) atoms. The summed E-state index contributed by atoms with van der Waals surface area (Å²) in [6.07, 6.45) is 1.14. The fraction of sp³-hybridized carbons (Fsp3) is 0.364. The van der Waals surface area contributed by atoms with Crippen LogP contribution >= 0.6 is 11.8 Å². The molecule has 1 aromatic carbocycles. The number of nitrogens with one attached hydrogen (secondary N) is 1. The summed E-state index contributed by atoms with van der Waals surface area (Å²) in [5.74, 6) is 0.981. The van der Waals surface area contributed by atoms with Crippen molar-refractivity contribution in [2.75, 3.05) is 16.8 Å². The van der Waals surface area contributed by atoms with Crippen LogP contribution in [-0.4, -0.2) is 11.7 Å². The van der Waals surface area contributed by atoms with Crippen molar-refractivity contribution in [2.45, 2.75) is 25.2 Å². The number of carbonyl (C=O) groups is 1. The first kappa shape index (κ1) is 11.9. The molecule has 4 heteroatoms. The average molecular weight is 224 g/mol. The lowest BCUT2D eigenvalue weighted by Gasteiger charge is -2.07. The Labute approximate surface area is 94.4 Å². The van der Waals surface area contributed by atoms with E-state index in [1.54, 1.807) is 11.8 Å². The molecule has 0 aromatic heterocycles. The Morgan fingerprint density at radius 3 is 2.80 bits per heavy atom. The second kappa shape index (κ2) is 5.66. The molecule has 0 atom stereocenters. The largest absolute Gasteiger partial charge is 0.397 e. The summed E-state index contributed by atoms with van der Waals surface area (Å²) < 4.78 is 0. The van der Waals surface area contributed by atoms with E-state index in [0.717, 1.165) is 17.1 Å². The van der Waals surface area contributed by atoms with Gasteiger partial charge in [0.2, 0.25) is 5.91 Å². The van der Waals surface area contributed by atoms with Gasteiger partial charge >= 0.3 is 0 Å². The van der Waals surface area contributed by atoms with Crippen LogP contribution in [0.25, 0.3) is 0 Å². The zero-order valence-corrected chi connectivity index (χ0v) is 9.86. The van der Waals surface area contributed by atoms with E-state index in [2.05, 4.69) is 12.2 Å². The predicted octanol–water partition coefficient (Wildman–Crippen LogP) is 2.73. The number of amides is 1. The van der Waals surface area contributed by atoms with Crippen LogP contribution in [0.15, 0.2) is 23.1 Å². The number of carbonyl (C=O) groups excluding carboxylic acids is 1. The van der Waals surface area contributed by atoms with E-state index in [4.69, 9.17) is 5.73 Å². The molecule has 0 aliphatic rings. The molecule has 0 bridgehead atoms. The van der Waals surface area contributed by atoms with Crippen LogP contribution in [0.2, 0.25) is 0 Å². The fourth-order valence-corrected chi connectivity index (χ4v) is 1.97. The molecule has 0 unspecified atom stereocenters. The first-order valence-electron chi connectivity index (χ1n) is 4.93. The molecule has 0 heterocycles. The van der Waals surface area contributed by atoms with Gasteiger partial charge in [0, 0.05) is 11.8 Å². The normalized spacial score (nSPS) is 10.0. The van der Waals surface area contributed by atoms with E-state index in [9.17, 15) is 4.79 Å². The van der Waals surface area contributed by atoms with Gasteiger partial charge in [0.25, 0.3) is 0 Å². The maximum Gasteiger partial charge on any atom is 0.221 e. The lowest BCUT2D eigenvalue weighted by molar-refractivity contribution is -0.114. The maximum absolute atomic E-state index is 10.9. The number of benzene rings is 1. The SMILES string of the molecule is CCCSc1ccc(NC(C)=O)c(N)c1. The zero-order valence-electron chi connectivity index (χ0n) is 9.04. The highest BCUT2D eigenvalue weighted by Crippen LogP contribution is 2.26. The van der Waals surface area contributed by atoms with Crippen molar-refractivity contribution < 1.29 is 4.79 Å². The fourth-order valence-electron chi connectivity index (χ4n) is 1.15. The maximum atomic E-state index is 10.9. The molecule has 0 radical (unpaired) electrons. The Kier molecular flexibility index (Phi) is 4.49. The van der Waals surface area contributed by atoms with E-state index < -0.39 is 0 Å². The summed E-state index contributed by atoms with van der Waals surface area (Å²) in [7, 11) is 0. The van der Waals surface area contributed by atoms with Gasteiger partial charge in [-0.25, -0.2) is 0 Å². The first-order chi connectivity index (χ1) is 7.13. The van der Waals surface area contributed by atoms with E-state index >= 15 is 0 Å².